The molecule has 1 heterocycles. The van der Waals surface area contributed by atoms with Gasteiger partial charge in [-0.05, 0) is 18.2 Å². The maximum Gasteiger partial charge on any atom is 0.187 e. The second-order valence-electron chi connectivity index (χ2n) is 4.03. The molecule has 0 fully saturated rings. The van der Waals surface area contributed by atoms with E-state index in [9.17, 15) is 13.2 Å². The van der Waals surface area contributed by atoms with Gasteiger partial charge in [-0.25, -0.2) is 8.42 Å². The lowest BCUT2D eigenvalue weighted by Gasteiger charge is -2.05. The maximum absolute atomic E-state index is 12.2. The highest BCUT2D eigenvalue weighted by atomic mass is 35.5. The van der Waals surface area contributed by atoms with Crippen LogP contribution in [0.2, 0.25) is 15.2 Å². The highest BCUT2D eigenvalue weighted by molar-refractivity contribution is 7.90. The molecule has 0 saturated carbocycles. The molecule has 20 heavy (non-hydrogen) atoms. The van der Waals surface area contributed by atoms with Crippen molar-refractivity contribution in [3.8, 4) is 0 Å². The number of aromatic nitrogens is 1. The van der Waals surface area contributed by atoms with Crippen LogP contribution in [-0.4, -0.2) is 13.4 Å². The van der Waals surface area contributed by atoms with E-state index in [1.807, 2.05) is 0 Å². The molecule has 2 aromatic rings. The van der Waals surface area contributed by atoms with E-state index in [2.05, 4.69) is 4.98 Å². The Balaban J connectivity index is 2.43. The van der Waals surface area contributed by atoms with Gasteiger partial charge in [0.05, 0.1) is 10.6 Å². The van der Waals surface area contributed by atoms with E-state index < -0.39 is 21.0 Å². The normalized spacial score (nSPS) is 11.6. The number of aromatic amines is 1. The fourth-order valence-electron chi connectivity index (χ4n) is 1.59. The molecule has 0 aliphatic carbocycles. The van der Waals surface area contributed by atoms with Crippen LogP contribution in [0.15, 0.2) is 40.2 Å². The summed E-state index contributed by atoms with van der Waals surface area (Å²) in [7, 11) is -3.73. The SMILES string of the molecule is O=c1cc(Cl)[nH]cc1CS(=O)(=O)c1cc(Cl)cc(Cl)c1. The zero-order valence-electron chi connectivity index (χ0n) is 9.86. The summed E-state index contributed by atoms with van der Waals surface area (Å²) in [6.45, 7) is 0. The van der Waals surface area contributed by atoms with Crippen molar-refractivity contribution in [1.29, 1.82) is 0 Å². The second kappa shape index (κ2) is 5.77. The number of H-pyrrole nitrogens is 1. The van der Waals surface area contributed by atoms with Gasteiger partial charge in [0.25, 0.3) is 0 Å². The second-order valence-corrected chi connectivity index (χ2v) is 7.30. The molecule has 1 aromatic carbocycles. The van der Waals surface area contributed by atoms with Gasteiger partial charge in [-0.1, -0.05) is 34.8 Å². The molecular formula is C12H8Cl3NO3S. The van der Waals surface area contributed by atoms with Crippen molar-refractivity contribution in [2.45, 2.75) is 10.6 Å². The van der Waals surface area contributed by atoms with Crippen LogP contribution in [0.4, 0.5) is 0 Å². The minimum Gasteiger partial charge on any atom is -0.352 e. The van der Waals surface area contributed by atoms with Crippen LogP contribution in [0.5, 0.6) is 0 Å². The van der Waals surface area contributed by atoms with Gasteiger partial charge in [-0.3, -0.25) is 4.79 Å². The van der Waals surface area contributed by atoms with Gasteiger partial charge in [0.2, 0.25) is 0 Å². The van der Waals surface area contributed by atoms with Crippen LogP contribution < -0.4 is 5.43 Å². The Morgan fingerprint density at radius 3 is 2.15 bits per heavy atom. The summed E-state index contributed by atoms with van der Waals surface area (Å²) in [6.07, 6.45) is 1.27. The molecule has 0 unspecified atom stereocenters. The molecule has 0 aliphatic rings. The van der Waals surface area contributed by atoms with Crippen LogP contribution in [0, 0.1) is 0 Å². The summed E-state index contributed by atoms with van der Waals surface area (Å²) < 4.78 is 24.5. The van der Waals surface area contributed by atoms with Gasteiger partial charge < -0.3 is 4.98 Å². The Hall–Kier alpha value is -1.01. The van der Waals surface area contributed by atoms with Crippen LogP contribution in [0.1, 0.15) is 5.56 Å². The number of pyridine rings is 1. The molecule has 1 N–H and O–H groups in total. The van der Waals surface area contributed by atoms with Gasteiger partial charge in [0.15, 0.2) is 15.3 Å². The number of hydrogen-bond acceptors (Lipinski definition) is 3. The summed E-state index contributed by atoms with van der Waals surface area (Å²) in [5.74, 6) is -0.462. The summed E-state index contributed by atoms with van der Waals surface area (Å²) >= 11 is 17.2. The number of benzene rings is 1. The fourth-order valence-corrected chi connectivity index (χ4v) is 3.81. The largest absolute Gasteiger partial charge is 0.352 e. The van der Waals surface area contributed by atoms with Crippen LogP contribution >= 0.6 is 34.8 Å². The van der Waals surface area contributed by atoms with Crippen molar-refractivity contribution in [1.82, 2.24) is 4.98 Å². The molecule has 0 saturated heterocycles. The van der Waals surface area contributed by atoms with Crippen molar-refractivity contribution in [3.05, 3.63) is 61.4 Å². The molecule has 1 aromatic heterocycles. The highest BCUT2D eigenvalue weighted by Crippen LogP contribution is 2.24. The zero-order valence-corrected chi connectivity index (χ0v) is 12.9. The zero-order chi connectivity index (χ0) is 14.9. The number of hydrogen-bond donors (Lipinski definition) is 1. The third kappa shape index (κ3) is 3.55. The lowest BCUT2D eigenvalue weighted by molar-refractivity contribution is 0.595. The van der Waals surface area contributed by atoms with Crippen molar-refractivity contribution >= 4 is 44.6 Å². The van der Waals surface area contributed by atoms with Gasteiger partial charge in [0, 0.05) is 27.9 Å². The van der Waals surface area contributed by atoms with Crippen LogP contribution in [-0.2, 0) is 15.6 Å². The molecule has 0 radical (unpaired) electrons. The van der Waals surface area contributed by atoms with Crippen molar-refractivity contribution < 1.29 is 8.42 Å². The van der Waals surface area contributed by atoms with E-state index >= 15 is 0 Å². The quantitative estimate of drug-likeness (QED) is 0.862. The maximum atomic E-state index is 12.2. The lowest BCUT2D eigenvalue weighted by atomic mass is 10.3. The molecular weight excluding hydrogens is 345 g/mol. The smallest absolute Gasteiger partial charge is 0.187 e. The van der Waals surface area contributed by atoms with Gasteiger partial charge in [-0.15, -0.1) is 0 Å². The Morgan fingerprint density at radius 2 is 1.60 bits per heavy atom. The molecule has 4 nitrogen and oxygen atoms in total. The lowest BCUT2D eigenvalue weighted by Crippen LogP contribution is -2.14. The molecule has 0 spiro atoms. The number of rotatable bonds is 3. The van der Waals surface area contributed by atoms with E-state index in [4.69, 9.17) is 34.8 Å². The summed E-state index contributed by atoms with van der Waals surface area (Å²) in [5.41, 5.74) is -0.365. The highest BCUT2D eigenvalue weighted by Gasteiger charge is 2.18. The Labute approximate surface area is 130 Å². The van der Waals surface area contributed by atoms with E-state index in [0.717, 1.165) is 6.07 Å². The van der Waals surface area contributed by atoms with Gasteiger partial charge >= 0.3 is 0 Å². The average molecular weight is 353 g/mol. The van der Waals surface area contributed by atoms with Crippen LogP contribution in [0.25, 0.3) is 0 Å². The third-order valence-electron chi connectivity index (χ3n) is 2.50. The van der Waals surface area contributed by atoms with E-state index in [0.29, 0.717) is 0 Å². The molecule has 2 rings (SSSR count). The Bertz CT molecular complexity index is 795. The average Bonchev–Trinajstić information content (AvgIpc) is 2.31. The first kappa shape index (κ1) is 15.4. The van der Waals surface area contributed by atoms with Gasteiger partial charge in [0.1, 0.15) is 5.15 Å². The molecule has 106 valence electrons. The molecule has 8 heteroatoms. The van der Waals surface area contributed by atoms with Gasteiger partial charge in [-0.2, -0.15) is 0 Å². The first-order chi connectivity index (χ1) is 9.28. The van der Waals surface area contributed by atoms with E-state index in [1.54, 1.807) is 0 Å². The summed E-state index contributed by atoms with van der Waals surface area (Å²) in [5, 5.41) is 0.559. The predicted molar refractivity (Wildman–Crippen MR) is 79.4 cm³/mol. The first-order valence-electron chi connectivity index (χ1n) is 5.34. The minimum absolute atomic E-state index is 0.0376. The molecule has 0 amide bonds. The molecule has 0 bridgehead atoms. The van der Waals surface area contributed by atoms with Crippen LogP contribution in [0.3, 0.4) is 0 Å². The summed E-state index contributed by atoms with van der Waals surface area (Å²) in [4.78, 5) is 14.2. The number of nitrogens with one attached hydrogen (secondary N) is 1. The van der Waals surface area contributed by atoms with Crippen molar-refractivity contribution in [3.63, 3.8) is 0 Å². The first-order valence-corrected chi connectivity index (χ1v) is 8.12. The minimum atomic E-state index is -3.73. The Kier molecular flexibility index (Phi) is 4.44. The summed E-state index contributed by atoms with van der Waals surface area (Å²) in [6, 6.07) is 5.12. The topological polar surface area (TPSA) is 67.0 Å². The van der Waals surface area contributed by atoms with E-state index in [-0.39, 0.29) is 25.7 Å². The fraction of sp³-hybridized carbons (Fsp3) is 0.0833. The Morgan fingerprint density at radius 1 is 1.00 bits per heavy atom. The van der Waals surface area contributed by atoms with Crippen molar-refractivity contribution in [2.24, 2.45) is 0 Å². The third-order valence-corrected chi connectivity index (χ3v) is 4.80. The molecule has 0 aliphatic heterocycles. The predicted octanol–water partition coefficient (Wildman–Crippen LogP) is 3.31. The van der Waals surface area contributed by atoms with Crippen molar-refractivity contribution in [2.75, 3.05) is 0 Å². The molecule has 0 atom stereocenters. The van der Waals surface area contributed by atoms with E-state index in [1.165, 1.54) is 24.4 Å². The number of sulfone groups is 1. The number of halogens is 3. The monoisotopic (exact) mass is 351 g/mol. The standard InChI is InChI=1S/C12H8Cl3NO3S/c13-8-1-9(14)3-10(2-8)20(18,19)6-7-5-16-12(15)4-11(7)17/h1-5H,6H2,(H,16,17).